The topological polar surface area (TPSA) is 58.6 Å². The molecular formula is C13H23NO3. The van der Waals surface area contributed by atoms with Gasteiger partial charge in [0.05, 0.1) is 12.7 Å². The van der Waals surface area contributed by atoms with Crippen LogP contribution in [0.1, 0.15) is 40.0 Å². The Balaban J connectivity index is 1.99. The fraction of sp³-hybridized carbons (Fsp3) is 0.923. The molecule has 0 spiro atoms. The second kappa shape index (κ2) is 4.58. The van der Waals surface area contributed by atoms with Gasteiger partial charge in [-0.3, -0.25) is 10.1 Å². The highest BCUT2D eigenvalue weighted by Crippen LogP contribution is 2.39. The third-order valence-electron chi connectivity index (χ3n) is 4.20. The monoisotopic (exact) mass is 241 g/mol. The van der Waals surface area contributed by atoms with Crippen LogP contribution in [0.25, 0.3) is 0 Å². The predicted molar refractivity (Wildman–Crippen MR) is 64.9 cm³/mol. The summed E-state index contributed by atoms with van der Waals surface area (Å²) in [5, 5.41) is 12.2. The standard InChI is InChI=1S/C13H23NO3/c1-13(2,3)8-4-5-11-9(6-8)14-10(7-17-11)12(15)16/h8-11,14H,4-7H2,1-3H3,(H,15,16). The van der Waals surface area contributed by atoms with Crippen LogP contribution in [-0.2, 0) is 9.53 Å². The Kier molecular flexibility index (Phi) is 3.46. The minimum atomic E-state index is -0.804. The molecule has 0 aromatic carbocycles. The summed E-state index contributed by atoms with van der Waals surface area (Å²) in [4.78, 5) is 11.0. The lowest BCUT2D eigenvalue weighted by atomic mass is 9.70. The maximum atomic E-state index is 11.0. The van der Waals surface area contributed by atoms with E-state index in [4.69, 9.17) is 9.84 Å². The first-order valence-electron chi connectivity index (χ1n) is 6.48. The first-order chi connectivity index (χ1) is 7.88. The van der Waals surface area contributed by atoms with Crippen LogP contribution in [0, 0.1) is 11.3 Å². The Morgan fingerprint density at radius 1 is 1.35 bits per heavy atom. The zero-order chi connectivity index (χ0) is 12.6. The summed E-state index contributed by atoms with van der Waals surface area (Å²) in [5.41, 5.74) is 0.294. The van der Waals surface area contributed by atoms with Crippen molar-refractivity contribution in [1.82, 2.24) is 5.32 Å². The van der Waals surface area contributed by atoms with Gasteiger partial charge in [0.25, 0.3) is 0 Å². The molecule has 98 valence electrons. The van der Waals surface area contributed by atoms with Crippen LogP contribution in [0.15, 0.2) is 0 Å². The minimum absolute atomic E-state index is 0.211. The third kappa shape index (κ3) is 2.80. The molecule has 0 aromatic heterocycles. The van der Waals surface area contributed by atoms with Crippen LogP contribution in [0.5, 0.6) is 0 Å². The van der Waals surface area contributed by atoms with Crippen LogP contribution in [0.4, 0.5) is 0 Å². The van der Waals surface area contributed by atoms with E-state index in [0.29, 0.717) is 17.9 Å². The van der Waals surface area contributed by atoms with Crippen molar-refractivity contribution >= 4 is 5.97 Å². The summed E-state index contributed by atoms with van der Waals surface area (Å²) in [5.74, 6) is -0.159. The second-order valence-corrected chi connectivity index (χ2v) is 6.41. The number of ether oxygens (including phenoxy) is 1. The molecule has 4 heteroatoms. The zero-order valence-corrected chi connectivity index (χ0v) is 10.9. The maximum Gasteiger partial charge on any atom is 0.323 e. The summed E-state index contributed by atoms with van der Waals surface area (Å²) in [6.45, 7) is 7.08. The Hall–Kier alpha value is -0.610. The van der Waals surface area contributed by atoms with Crippen molar-refractivity contribution in [3.63, 3.8) is 0 Å². The minimum Gasteiger partial charge on any atom is -0.480 e. The highest BCUT2D eigenvalue weighted by Gasteiger charge is 2.41. The Bertz CT molecular complexity index is 298. The second-order valence-electron chi connectivity index (χ2n) is 6.41. The fourth-order valence-corrected chi connectivity index (χ4v) is 2.97. The molecule has 0 amide bonds. The summed E-state index contributed by atoms with van der Waals surface area (Å²) < 4.78 is 5.67. The van der Waals surface area contributed by atoms with E-state index in [9.17, 15) is 4.79 Å². The molecule has 0 radical (unpaired) electrons. The van der Waals surface area contributed by atoms with Gasteiger partial charge >= 0.3 is 5.97 Å². The van der Waals surface area contributed by atoms with Crippen LogP contribution in [0.2, 0.25) is 0 Å². The normalized spacial score (nSPS) is 38.5. The fourth-order valence-electron chi connectivity index (χ4n) is 2.97. The molecule has 0 aromatic rings. The van der Waals surface area contributed by atoms with Gasteiger partial charge in [-0.15, -0.1) is 0 Å². The van der Waals surface area contributed by atoms with Crippen molar-refractivity contribution < 1.29 is 14.6 Å². The quantitative estimate of drug-likeness (QED) is 0.733. The number of fused-ring (bicyclic) bond motifs is 1. The van der Waals surface area contributed by atoms with E-state index in [-0.39, 0.29) is 12.1 Å². The van der Waals surface area contributed by atoms with E-state index in [0.717, 1.165) is 12.8 Å². The van der Waals surface area contributed by atoms with Crippen molar-refractivity contribution in [1.29, 1.82) is 0 Å². The molecule has 1 saturated carbocycles. The molecular weight excluding hydrogens is 218 g/mol. The molecule has 1 heterocycles. The summed E-state index contributed by atoms with van der Waals surface area (Å²) in [7, 11) is 0. The van der Waals surface area contributed by atoms with Gasteiger partial charge in [0.15, 0.2) is 0 Å². The van der Waals surface area contributed by atoms with Crippen LogP contribution in [-0.4, -0.2) is 35.9 Å². The number of hydrogen-bond donors (Lipinski definition) is 2. The van der Waals surface area contributed by atoms with Gasteiger partial charge in [0.1, 0.15) is 6.04 Å². The number of hydrogen-bond acceptors (Lipinski definition) is 3. The van der Waals surface area contributed by atoms with Crippen LogP contribution >= 0.6 is 0 Å². The summed E-state index contributed by atoms with van der Waals surface area (Å²) in [6, 6.07) is -0.321. The maximum absolute atomic E-state index is 11.0. The molecule has 0 bridgehead atoms. The van der Waals surface area contributed by atoms with Gasteiger partial charge in [0.2, 0.25) is 0 Å². The Morgan fingerprint density at radius 3 is 2.65 bits per heavy atom. The van der Waals surface area contributed by atoms with Gasteiger partial charge in [-0.25, -0.2) is 0 Å². The number of rotatable bonds is 1. The number of aliphatic carboxylic acids is 1. The average molecular weight is 241 g/mol. The van der Waals surface area contributed by atoms with Gasteiger partial charge in [-0.05, 0) is 30.6 Å². The molecule has 1 aliphatic heterocycles. The highest BCUT2D eigenvalue weighted by molar-refractivity contribution is 5.73. The average Bonchev–Trinajstić information content (AvgIpc) is 2.26. The SMILES string of the molecule is CC(C)(C)C1CCC2OCC(C(=O)O)NC2C1. The lowest BCUT2D eigenvalue weighted by Crippen LogP contribution is -2.59. The zero-order valence-electron chi connectivity index (χ0n) is 10.9. The van der Waals surface area contributed by atoms with Gasteiger partial charge in [-0.2, -0.15) is 0 Å². The molecule has 2 aliphatic rings. The molecule has 4 unspecified atom stereocenters. The molecule has 1 aliphatic carbocycles. The molecule has 4 nitrogen and oxygen atoms in total. The van der Waals surface area contributed by atoms with Crippen molar-refractivity contribution in [2.75, 3.05) is 6.61 Å². The van der Waals surface area contributed by atoms with Gasteiger partial charge in [0, 0.05) is 6.04 Å². The number of carboxylic acids is 1. The number of carboxylic acid groups (broad SMARTS) is 1. The lowest BCUT2D eigenvalue weighted by Gasteiger charge is -2.45. The molecule has 1 saturated heterocycles. The van der Waals surface area contributed by atoms with Crippen molar-refractivity contribution in [3.8, 4) is 0 Å². The molecule has 2 rings (SSSR count). The van der Waals surface area contributed by atoms with Crippen LogP contribution < -0.4 is 5.32 Å². The molecule has 17 heavy (non-hydrogen) atoms. The predicted octanol–water partition coefficient (Wildman–Crippen LogP) is 1.64. The van der Waals surface area contributed by atoms with Crippen molar-refractivity contribution in [2.45, 2.75) is 58.2 Å². The van der Waals surface area contributed by atoms with Gasteiger partial charge in [-0.1, -0.05) is 20.8 Å². The van der Waals surface area contributed by atoms with E-state index in [1.54, 1.807) is 0 Å². The van der Waals surface area contributed by atoms with Crippen molar-refractivity contribution in [3.05, 3.63) is 0 Å². The largest absolute Gasteiger partial charge is 0.480 e. The number of morpholine rings is 1. The summed E-state index contributed by atoms with van der Waals surface area (Å²) >= 11 is 0. The first-order valence-corrected chi connectivity index (χ1v) is 6.48. The lowest BCUT2D eigenvalue weighted by molar-refractivity contribution is -0.147. The van der Waals surface area contributed by atoms with E-state index in [1.165, 1.54) is 6.42 Å². The van der Waals surface area contributed by atoms with E-state index in [1.807, 2.05) is 0 Å². The molecule has 2 fully saturated rings. The number of carbonyl (C=O) groups is 1. The molecule has 4 atom stereocenters. The Morgan fingerprint density at radius 2 is 2.06 bits per heavy atom. The summed E-state index contributed by atoms with van der Waals surface area (Å²) in [6.07, 6.45) is 3.47. The first kappa shape index (κ1) is 12.8. The third-order valence-corrected chi connectivity index (χ3v) is 4.20. The number of nitrogens with one attached hydrogen (secondary N) is 1. The van der Waals surface area contributed by atoms with E-state index < -0.39 is 12.0 Å². The van der Waals surface area contributed by atoms with E-state index in [2.05, 4.69) is 26.1 Å². The van der Waals surface area contributed by atoms with E-state index >= 15 is 0 Å². The highest BCUT2D eigenvalue weighted by atomic mass is 16.5. The van der Waals surface area contributed by atoms with Gasteiger partial charge < -0.3 is 9.84 Å². The Labute approximate surface area is 103 Å². The molecule has 2 N–H and O–H groups in total. The van der Waals surface area contributed by atoms with Crippen LogP contribution in [0.3, 0.4) is 0 Å². The van der Waals surface area contributed by atoms with Crippen molar-refractivity contribution in [2.24, 2.45) is 11.3 Å². The smallest absolute Gasteiger partial charge is 0.323 e.